The van der Waals surface area contributed by atoms with Crippen LogP contribution in [0.1, 0.15) is 19.0 Å². The van der Waals surface area contributed by atoms with E-state index in [1.54, 1.807) is 0 Å². The van der Waals surface area contributed by atoms with Crippen molar-refractivity contribution in [3.63, 3.8) is 0 Å². The summed E-state index contributed by atoms with van der Waals surface area (Å²) in [6.07, 6.45) is 2.97. The van der Waals surface area contributed by atoms with Crippen molar-refractivity contribution in [2.24, 2.45) is 0 Å². The van der Waals surface area contributed by atoms with Gasteiger partial charge in [-0.15, -0.1) is 0 Å². The molecule has 1 aromatic heterocycles. The van der Waals surface area contributed by atoms with Crippen LogP contribution in [0.15, 0.2) is 24.4 Å². The zero-order valence-electron chi connectivity index (χ0n) is 7.83. The number of rotatable bonds is 5. The maximum absolute atomic E-state index is 4.24. The molecule has 1 N–H and O–H groups in total. The van der Waals surface area contributed by atoms with Crippen LogP contribution in [0.25, 0.3) is 0 Å². The third-order valence-electron chi connectivity index (χ3n) is 1.90. The molecule has 1 heterocycles. The van der Waals surface area contributed by atoms with E-state index in [0.717, 1.165) is 24.0 Å². The van der Waals surface area contributed by atoms with Gasteiger partial charge in [-0.25, -0.2) is 0 Å². The maximum atomic E-state index is 4.24. The molecule has 0 amide bonds. The number of halogens is 1. The van der Waals surface area contributed by atoms with Gasteiger partial charge < -0.3 is 5.32 Å². The van der Waals surface area contributed by atoms with Gasteiger partial charge in [0.05, 0.1) is 5.69 Å². The van der Waals surface area contributed by atoms with Gasteiger partial charge in [0.25, 0.3) is 0 Å². The molecule has 0 fully saturated rings. The SMILES string of the molecule is CC(CCBr)NCc1ccccn1. The normalized spacial score (nSPS) is 12.8. The molecule has 0 aliphatic rings. The highest BCUT2D eigenvalue weighted by atomic mass is 79.9. The molecule has 72 valence electrons. The van der Waals surface area contributed by atoms with Crippen LogP contribution in [0.3, 0.4) is 0 Å². The summed E-state index contributed by atoms with van der Waals surface area (Å²) in [6, 6.07) is 6.53. The first kappa shape index (κ1) is 10.7. The summed E-state index contributed by atoms with van der Waals surface area (Å²) in [5, 5.41) is 4.45. The zero-order valence-corrected chi connectivity index (χ0v) is 9.42. The summed E-state index contributed by atoms with van der Waals surface area (Å²) < 4.78 is 0. The van der Waals surface area contributed by atoms with E-state index in [9.17, 15) is 0 Å². The third-order valence-corrected chi connectivity index (χ3v) is 2.36. The lowest BCUT2D eigenvalue weighted by Gasteiger charge is -2.11. The highest BCUT2D eigenvalue weighted by Crippen LogP contribution is 1.97. The average Bonchev–Trinajstić information content (AvgIpc) is 2.17. The summed E-state index contributed by atoms with van der Waals surface area (Å²) in [5.41, 5.74) is 1.10. The minimum atomic E-state index is 0.543. The zero-order chi connectivity index (χ0) is 9.52. The van der Waals surface area contributed by atoms with E-state index in [2.05, 4.69) is 33.2 Å². The van der Waals surface area contributed by atoms with E-state index >= 15 is 0 Å². The predicted octanol–water partition coefficient (Wildman–Crippen LogP) is 2.34. The molecule has 0 aromatic carbocycles. The van der Waals surface area contributed by atoms with Gasteiger partial charge >= 0.3 is 0 Å². The van der Waals surface area contributed by atoms with E-state index in [1.165, 1.54) is 0 Å². The number of hydrogen-bond acceptors (Lipinski definition) is 2. The number of hydrogen-bond donors (Lipinski definition) is 1. The number of nitrogens with one attached hydrogen (secondary N) is 1. The Hall–Kier alpha value is -0.410. The first-order valence-corrected chi connectivity index (χ1v) is 5.64. The van der Waals surface area contributed by atoms with Gasteiger partial charge in [0, 0.05) is 24.1 Å². The summed E-state index contributed by atoms with van der Waals surface area (Å²) >= 11 is 3.42. The molecular weight excluding hydrogens is 228 g/mol. The molecule has 13 heavy (non-hydrogen) atoms. The largest absolute Gasteiger partial charge is 0.309 e. The van der Waals surface area contributed by atoms with Crippen LogP contribution in [0.5, 0.6) is 0 Å². The second-order valence-electron chi connectivity index (χ2n) is 3.08. The van der Waals surface area contributed by atoms with Crippen LogP contribution in [0, 0.1) is 0 Å². The fraction of sp³-hybridized carbons (Fsp3) is 0.500. The van der Waals surface area contributed by atoms with Crippen LogP contribution >= 0.6 is 15.9 Å². The quantitative estimate of drug-likeness (QED) is 0.803. The number of pyridine rings is 1. The first-order valence-electron chi connectivity index (χ1n) is 4.52. The van der Waals surface area contributed by atoms with Crippen LogP contribution in [-0.4, -0.2) is 16.4 Å². The molecule has 1 aromatic rings. The van der Waals surface area contributed by atoms with Crippen molar-refractivity contribution >= 4 is 15.9 Å². The smallest absolute Gasteiger partial charge is 0.0541 e. The summed E-state index contributed by atoms with van der Waals surface area (Å²) in [6.45, 7) is 3.04. The van der Waals surface area contributed by atoms with Crippen molar-refractivity contribution in [3.05, 3.63) is 30.1 Å². The summed E-state index contributed by atoms with van der Waals surface area (Å²) in [5.74, 6) is 0. The number of aromatic nitrogens is 1. The van der Waals surface area contributed by atoms with Crippen molar-refractivity contribution < 1.29 is 0 Å². The molecule has 1 atom stereocenters. The number of alkyl halides is 1. The Morgan fingerprint density at radius 1 is 1.54 bits per heavy atom. The standard InChI is InChI=1S/C10H15BrN2/c1-9(5-6-11)13-8-10-4-2-3-7-12-10/h2-4,7,9,13H,5-6,8H2,1H3. The van der Waals surface area contributed by atoms with Crippen molar-refractivity contribution in [2.45, 2.75) is 25.9 Å². The Balaban J connectivity index is 2.27. The molecule has 2 nitrogen and oxygen atoms in total. The van der Waals surface area contributed by atoms with Crippen molar-refractivity contribution in [1.82, 2.24) is 10.3 Å². The average molecular weight is 243 g/mol. The Bertz CT molecular complexity index is 226. The van der Waals surface area contributed by atoms with E-state index in [0.29, 0.717) is 6.04 Å². The molecule has 1 rings (SSSR count). The molecule has 0 radical (unpaired) electrons. The second-order valence-corrected chi connectivity index (χ2v) is 3.87. The Kier molecular flexibility index (Phi) is 5.01. The molecule has 0 bridgehead atoms. The van der Waals surface area contributed by atoms with Gasteiger partial charge in [0.2, 0.25) is 0 Å². The molecule has 1 unspecified atom stereocenters. The lowest BCUT2D eigenvalue weighted by Crippen LogP contribution is -2.26. The fourth-order valence-electron chi connectivity index (χ4n) is 1.05. The number of nitrogens with zero attached hydrogens (tertiary/aromatic N) is 1. The minimum Gasteiger partial charge on any atom is -0.309 e. The topological polar surface area (TPSA) is 24.9 Å². The Morgan fingerprint density at radius 2 is 2.38 bits per heavy atom. The lowest BCUT2D eigenvalue weighted by atomic mass is 10.2. The summed E-state index contributed by atoms with van der Waals surface area (Å²) in [4.78, 5) is 4.24. The van der Waals surface area contributed by atoms with Crippen LogP contribution in [0.2, 0.25) is 0 Å². The molecule has 0 aliphatic heterocycles. The third kappa shape index (κ3) is 4.39. The molecule has 0 saturated carbocycles. The van der Waals surface area contributed by atoms with Gasteiger partial charge in [0.15, 0.2) is 0 Å². The van der Waals surface area contributed by atoms with Crippen molar-refractivity contribution in [3.8, 4) is 0 Å². The van der Waals surface area contributed by atoms with Gasteiger partial charge in [-0.2, -0.15) is 0 Å². The lowest BCUT2D eigenvalue weighted by molar-refractivity contribution is 0.533. The highest BCUT2D eigenvalue weighted by Gasteiger charge is 1.99. The second kappa shape index (κ2) is 6.11. The monoisotopic (exact) mass is 242 g/mol. The molecule has 3 heteroatoms. The minimum absolute atomic E-state index is 0.543. The Morgan fingerprint density at radius 3 is 3.00 bits per heavy atom. The van der Waals surface area contributed by atoms with E-state index in [1.807, 2.05) is 24.4 Å². The van der Waals surface area contributed by atoms with Crippen LogP contribution in [0.4, 0.5) is 0 Å². The highest BCUT2D eigenvalue weighted by molar-refractivity contribution is 9.09. The Labute approximate surface area is 87.9 Å². The van der Waals surface area contributed by atoms with Gasteiger partial charge in [-0.3, -0.25) is 4.98 Å². The predicted molar refractivity (Wildman–Crippen MR) is 58.9 cm³/mol. The molecular formula is C10H15BrN2. The molecule has 0 spiro atoms. The van der Waals surface area contributed by atoms with E-state index in [-0.39, 0.29) is 0 Å². The van der Waals surface area contributed by atoms with Crippen LogP contribution in [-0.2, 0) is 6.54 Å². The molecule has 0 aliphatic carbocycles. The summed E-state index contributed by atoms with van der Waals surface area (Å²) in [7, 11) is 0. The van der Waals surface area contributed by atoms with Crippen molar-refractivity contribution in [2.75, 3.05) is 5.33 Å². The van der Waals surface area contributed by atoms with Crippen molar-refractivity contribution in [1.29, 1.82) is 0 Å². The fourth-order valence-corrected chi connectivity index (χ4v) is 1.73. The van der Waals surface area contributed by atoms with Crippen LogP contribution < -0.4 is 5.32 Å². The van der Waals surface area contributed by atoms with E-state index in [4.69, 9.17) is 0 Å². The van der Waals surface area contributed by atoms with Gasteiger partial charge in [0.1, 0.15) is 0 Å². The van der Waals surface area contributed by atoms with Gasteiger partial charge in [-0.05, 0) is 25.5 Å². The first-order chi connectivity index (χ1) is 6.33. The van der Waals surface area contributed by atoms with E-state index < -0.39 is 0 Å². The van der Waals surface area contributed by atoms with Gasteiger partial charge in [-0.1, -0.05) is 22.0 Å². The maximum Gasteiger partial charge on any atom is 0.0541 e. The molecule has 0 saturated heterocycles.